The van der Waals surface area contributed by atoms with Crippen LogP contribution >= 0.6 is 23.2 Å². The Balaban J connectivity index is 2.45. The molecule has 4 nitrogen and oxygen atoms in total. The van der Waals surface area contributed by atoms with Crippen molar-refractivity contribution in [3.8, 4) is 0 Å². The number of aliphatic imine (C=N–C) groups is 1. The second kappa shape index (κ2) is 6.08. The largest absolute Gasteiger partial charge is 0.288 e. The lowest BCUT2D eigenvalue weighted by Crippen LogP contribution is -2.32. The Bertz CT molecular complexity index is 863. The molecular formula is C16H13Cl2N3O. The normalized spacial score (nSPS) is 16.3. The summed E-state index contributed by atoms with van der Waals surface area (Å²) >= 11 is 12.3. The topological polar surface area (TPSA) is 48.2 Å². The number of hydrogen-bond acceptors (Lipinski definition) is 3. The van der Waals surface area contributed by atoms with Gasteiger partial charge in [0.1, 0.15) is 12.4 Å². The van der Waals surface area contributed by atoms with Gasteiger partial charge in [-0.3, -0.25) is 10.2 Å². The Morgan fingerprint density at radius 2 is 1.82 bits per heavy atom. The summed E-state index contributed by atoms with van der Waals surface area (Å²) in [6.07, 6.45) is 0. The second-order valence-electron chi connectivity index (χ2n) is 4.81. The fourth-order valence-corrected chi connectivity index (χ4v) is 2.69. The molecule has 1 aliphatic heterocycles. The lowest BCUT2D eigenvalue weighted by atomic mass is 10.1. The molecule has 1 aliphatic rings. The summed E-state index contributed by atoms with van der Waals surface area (Å²) in [6, 6.07) is 13.0. The van der Waals surface area contributed by atoms with Crippen LogP contribution in [0.5, 0.6) is 0 Å². The maximum atomic E-state index is 10.5. The van der Waals surface area contributed by atoms with Gasteiger partial charge in [-0.1, -0.05) is 53.5 Å². The predicted molar refractivity (Wildman–Crippen MR) is 88.0 cm³/mol. The van der Waals surface area contributed by atoms with Gasteiger partial charge in [-0.2, -0.15) is 0 Å². The zero-order valence-corrected chi connectivity index (χ0v) is 13.3. The number of benzene rings is 2. The molecule has 22 heavy (non-hydrogen) atoms. The number of rotatable bonds is 1. The molecule has 112 valence electrons. The maximum absolute atomic E-state index is 10.5. The highest BCUT2D eigenvalue weighted by molar-refractivity contribution is 6.41. The summed E-state index contributed by atoms with van der Waals surface area (Å²) < 4.78 is 0. The minimum absolute atomic E-state index is 0.185. The Morgan fingerprint density at radius 3 is 2.50 bits per heavy atom. The third-order valence-electron chi connectivity index (χ3n) is 3.40. The van der Waals surface area contributed by atoms with Crippen LogP contribution in [0.3, 0.4) is 0 Å². The minimum atomic E-state index is 0.185. The summed E-state index contributed by atoms with van der Waals surface area (Å²) in [5.74, 6) is 0.507. The van der Waals surface area contributed by atoms with Gasteiger partial charge in [-0.15, -0.1) is 0 Å². The van der Waals surface area contributed by atoms with Crippen molar-refractivity contribution in [2.75, 3.05) is 13.6 Å². The standard InChI is InChI=1S/C16H13Cl2N3O/c1-19-15-9-21(22)16(10-5-3-2-4-6-10)11-7-12(17)13(18)8-14(11)20-15/h2-8,22H,9H2,1H3. The number of nitrogens with zero attached hydrogens (tertiary/aromatic N) is 3. The minimum Gasteiger partial charge on any atom is -0.288 e. The van der Waals surface area contributed by atoms with E-state index in [0.29, 0.717) is 32.2 Å². The summed E-state index contributed by atoms with van der Waals surface area (Å²) in [6.45, 7) is 0.185. The van der Waals surface area contributed by atoms with Crippen LogP contribution in [0.15, 0.2) is 52.4 Å². The van der Waals surface area contributed by atoms with Crippen LogP contribution < -0.4 is 10.6 Å². The van der Waals surface area contributed by atoms with Crippen LogP contribution in [0, 0.1) is 0 Å². The molecule has 6 heteroatoms. The highest BCUT2D eigenvalue weighted by Crippen LogP contribution is 2.20. The van der Waals surface area contributed by atoms with Gasteiger partial charge in [0, 0.05) is 17.8 Å². The molecule has 0 unspecified atom stereocenters. The number of hydrogen-bond donors (Lipinski definition) is 1. The molecule has 0 radical (unpaired) electrons. The third-order valence-corrected chi connectivity index (χ3v) is 4.12. The lowest BCUT2D eigenvalue weighted by Gasteiger charge is -2.19. The highest BCUT2D eigenvalue weighted by atomic mass is 35.5. The number of amidine groups is 1. The van der Waals surface area contributed by atoms with Crippen LogP contribution in [0.25, 0.3) is 5.70 Å². The first-order chi connectivity index (χ1) is 10.6. The molecule has 2 aromatic carbocycles. The first kappa shape index (κ1) is 15.0. The van der Waals surface area contributed by atoms with Gasteiger partial charge in [-0.25, -0.2) is 10.1 Å². The summed E-state index contributed by atoms with van der Waals surface area (Å²) in [5, 5.41) is 13.8. The average molecular weight is 334 g/mol. The number of fused-ring (bicyclic) bond motifs is 1. The molecule has 2 aromatic rings. The van der Waals surface area contributed by atoms with Crippen molar-refractivity contribution in [1.29, 1.82) is 0 Å². The molecule has 0 aliphatic carbocycles. The van der Waals surface area contributed by atoms with Gasteiger partial charge >= 0.3 is 0 Å². The molecule has 3 rings (SSSR count). The maximum Gasteiger partial charge on any atom is 0.145 e. The van der Waals surface area contributed by atoms with Crippen LogP contribution in [0.2, 0.25) is 10.0 Å². The van der Waals surface area contributed by atoms with E-state index in [0.717, 1.165) is 10.6 Å². The Kier molecular flexibility index (Phi) is 4.16. The van der Waals surface area contributed by atoms with Crippen LogP contribution in [-0.2, 0) is 0 Å². The van der Waals surface area contributed by atoms with E-state index < -0.39 is 0 Å². The summed E-state index contributed by atoms with van der Waals surface area (Å²) in [7, 11) is 1.64. The van der Waals surface area contributed by atoms with Crippen LogP contribution in [0.1, 0.15) is 5.56 Å². The molecule has 1 N–H and O–H groups in total. The molecular weight excluding hydrogens is 321 g/mol. The monoisotopic (exact) mass is 333 g/mol. The molecule has 1 heterocycles. The van der Waals surface area contributed by atoms with Crippen molar-refractivity contribution in [2.24, 2.45) is 9.98 Å². The molecule has 0 saturated heterocycles. The van der Waals surface area contributed by atoms with E-state index >= 15 is 0 Å². The highest BCUT2D eigenvalue weighted by Gasteiger charge is 2.17. The average Bonchev–Trinajstić information content (AvgIpc) is 2.65. The van der Waals surface area contributed by atoms with E-state index in [1.165, 1.54) is 0 Å². The zero-order chi connectivity index (χ0) is 15.7. The van der Waals surface area contributed by atoms with Crippen molar-refractivity contribution < 1.29 is 5.21 Å². The first-order valence-corrected chi connectivity index (χ1v) is 7.41. The fraction of sp³-hybridized carbons (Fsp3) is 0.125. The summed E-state index contributed by atoms with van der Waals surface area (Å²) in [5.41, 5.74) is 1.48. The van der Waals surface area contributed by atoms with Crippen LogP contribution in [0.4, 0.5) is 0 Å². The smallest absolute Gasteiger partial charge is 0.145 e. The molecule has 0 aromatic heterocycles. The number of halogens is 2. The molecule has 0 saturated carbocycles. The van der Waals surface area contributed by atoms with Gasteiger partial charge < -0.3 is 0 Å². The second-order valence-corrected chi connectivity index (χ2v) is 5.62. The summed E-state index contributed by atoms with van der Waals surface area (Å²) in [4.78, 5) is 8.57. The Labute approximate surface area is 137 Å². The van der Waals surface area contributed by atoms with Crippen molar-refractivity contribution >= 4 is 34.7 Å². The quantitative estimate of drug-likeness (QED) is 0.871. The van der Waals surface area contributed by atoms with Crippen LogP contribution in [-0.4, -0.2) is 29.7 Å². The van der Waals surface area contributed by atoms with E-state index in [-0.39, 0.29) is 6.54 Å². The van der Waals surface area contributed by atoms with E-state index in [9.17, 15) is 5.21 Å². The molecule has 0 atom stereocenters. The lowest BCUT2D eigenvalue weighted by molar-refractivity contribution is -0.0119. The molecule has 0 amide bonds. The van der Waals surface area contributed by atoms with E-state index in [1.54, 1.807) is 19.2 Å². The zero-order valence-electron chi connectivity index (χ0n) is 11.8. The molecule has 0 spiro atoms. The van der Waals surface area contributed by atoms with Crippen molar-refractivity contribution in [2.45, 2.75) is 0 Å². The first-order valence-electron chi connectivity index (χ1n) is 6.65. The Morgan fingerprint density at radius 1 is 1.14 bits per heavy atom. The Hall–Kier alpha value is -1.88. The van der Waals surface area contributed by atoms with Crippen molar-refractivity contribution in [1.82, 2.24) is 5.06 Å². The van der Waals surface area contributed by atoms with Crippen molar-refractivity contribution in [3.63, 3.8) is 0 Å². The van der Waals surface area contributed by atoms with Gasteiger partial charge in [-0.05, 0) is 12.1 Å². The van der Waals surface area contributed by atoms with Gasteiger partial charge in [0.25, 0.3) is 0 Å². The van der Waals surface area contributed by atoms with Gasteiger partial charge in [0.2, 0.25) is 0 Å². The molecule has 0 fully saturated rings. The van der Waals surface area contributed by atoms with E-state index in [2.05, 4.69) is 9.98 Å². The SMILES string of the molecule is CN=C1CN(O)C(c2ccccc2)=c2cc(Cl)c(Cl)cc2=N1. The van der Waals surface area contributed by atoms with E-state index in [4.69, 9.17) is 23.2 Å². The predicted octanol–water partition coefficient (Wildman–Crippen LogP) is 2.50. The van der Waals surface area contributed by atoms with E-state index in [1.807, 2.05) is 30.3 Å². The van der Waals surface area contributed by atoms with Gasteiger partial charge in [0.05, 0.1) is 21.1 Å². The van der Waals surface area contributed by atoms with Crippen molar-refractivity contribution in [3.05, 3.63) is 68.6 Å². The fourth-order valence-electron chi connectivity index (χ4n) is 2.37. The number of hydroxylamine groups is 2. The third kappa shape index (κ3) is 2.73. The molecule has 0 bridgehead atoms. The van der Waals surface area contributed by atoms with Gasteiger partial charge in [0.15, 0.2) is 0 Å².